The number of nitrogens with zero attached hydrogens (tertiary/aromatic N) is 1. The van der Waals surface area contributed by atoms with E-state index in [1.165, 1.54) is 0 Å². The van der Waals surface area contributed by atoms with E-state index in [9.17, 15) is 0 Å². The summed E-state index contributed by atoms with van der Waals surface area (Å²) in [5.41, 5.74) is 2.15. The van der Waals surface area contributed by atoms with Crippen LogP contribution in [-0.4, -0.2) is 4.98 Å². The van der Waals surface area contributed by atoms with Crippen molar-refractivity contribution in [2.75, 3.05) is 0 Å². The number of rotatable bonds is 4. The van der Waals surface area contributed by atoms with Gasteiger partial charge in [0.05, 0.1) is 10.0 Å². The molecule has 0 aliphatic carbocycles. The first-order valence-corrected chi connectivity index (χ1v) is 6.50. The normalized spacial score (nSPS) is 12.4. The molecule has 0 aliphatic rings. The fraction of sp³-hybridized carbons (Fsp3) is 0.214. The molecule has 2 nitrogen and oxygen atoms in total. The predicted molar refractivity (Wildman–Crippen MR) is 76.0 cm³/mol. The third-order valence-corrected chi connectivity index (χ3v) is 3.67. The summed E-state index contributed by atoms with van der Waals surface area (Å²) >= 11 is 12.1. The molecule has 0 bridgehead atoms. The smallest absolute Gasteiger partial charge is 0.0637 e. The summed E-state index contributed by atoms with van der Waals surface area (Å²) in [6, 6.07) is 9.85. The number of nitrogens with one attached hydrogen (secondary N) is 1. The third-order valence-electron chi connectivity index (χ3n) is 2.81. The molecule has 1 aromatic carbocycles. The maximum atomic E-state index is 6.14. The van der Waals surface area contributed by atoms with Gasteiger partial charge in [0.25, 0.3) is 0 Å². The molecule has 0 spiro atoms. The van der Waals surface area contributed by atoms with Crippen molar-refractivity contribution in [2.45, 2.75) is 19.5 Å². The summed E-state index contributed by atoms with van der Waals surface area (Å²) < 4.78 is 0. The second kappa shape index (κ2) is 6.19. The molecule has 0 radical (unpaired) electrons. The number of aromatic nitrogens is 1. The summed E-state index contributed by atoms with van der Waals surface area (Å²) in [4.78, 5) is 4.11. The van der Waals surface area contributed by atoms with Crippen LogP contribution in [0.25, 0.3) is 0 Å². The van der Waals surface area contributed by atoms with Gasteiger partial charge in [-0.1, -0.05) is 41.4 Å². The quantitative estimate of drug-likeness (QED) is 0.906. The molecule has 1 atom stereocenters. The molecular weight excluding hydrogens is 267 g/mol. The Bertz CT molecular complexity index is 514. The Morgan fingerprint density at radius 1 is 1.22 bits per heavy atom. The average Bonchev–Trinajstić information content (AvgIpc) is 2.41. The Morgan fingerprint density at radius 3 is 2.78 bits per heavy atom. The standard InChI is InChI=1S/C14H14Cl2N2/c1-10(11-5-3-7-17-8-11)18-9-12-4-2-6-13(15)14(12)16/h2-8,10,18H,9H2,1H3/t10-/m1/s1. The lowest BCUT2D eigenvalue weighted by molar-refractivity contribution is 0.573. The highest BCUT2D eigenvalue weighted by Crippen LogP contribution is 2.25. The van der Waals surface area contributed by atoms with Crippen molar-refractivity contribution in [3.05, 3.63) is 63.9 Å². The Hall–Kier alpha value is -1.09. The van der Waals surface area contributed by atoms with Crippen LogP contribution in [-0.2, 0) is 6.54 Å². The van der Waals surface area contributed by atoms with Crippen LogP contribution in [0.2, 0.25) is 10.0 Å². The summed E-state index contributed by atoms with van der Waals surface area (Å²) in [6.07, 6.45) is 3.63. The van der Waals surface area contributed by atoms with E-state index in [1.807, 2.05) is 30.5 Å². The molecule has 94 valence electrons. The summed E-state index contributed by atoms with van der Waals surface area (Å²) in [5, 5.41) is 4.60. The van der Waals surface area contributed by atoms with E-state index in [4.69, 9.17) is 23.2 Å². The molecule has 4 heteroatoms. The van der Waals surface area contributed by atoms with Crippen molar-refractivity contribution in [3.63, 3.8) is 0 Å². The zero-order chi connectivity index (χ0) is 13.0. The molecule has 0 amide bonds. The molecular formula is C14H14Cl2N2. The van der Waals surface area contributed by atoms with Gasteiger partial charge in [0, 0.05) is 25.0 Å². The number of hydrogen-bond donors (Lipinski definition) is 1. The number of pyridine rings is 1. The minimum atomic E-state index is 0.216. The summed E-state index contributed by atoms with van der Waals surface area (Å²) in [7, 11) is 0. The molecule has 0 unspecified atom stereocenters. The fourth-order valence-corrected chi connectivity index (χ4v) is 2.08. The average molecular weight is 281 g/mol. The Labute approximate surface area is 117 Å². The number of halogens is 2. The van der Waals surface area contributed by atoms with Crippen molar-refractivity contribution in [3.8, 4) is 0 Å². The number of benzene rings is 1. The minimum absolute atomic E-state index is 0.216. The lowest BCUT2D eigenvalue weighted by atomic mass is 10.1. The first kappa shape index (κ1) is 13.3. The van der Waals surface area contributed by atoms with Crippen LogP contribution in [0.1, 0.15) is 24.1 Å². The van der Waals surface area contributed by atoms with Crippen LogP contribution in [0.5, 0.6) is 0 Å². The zero-order valence-electron chi connectivity index (χ0n) is 10.0. The third kappa shape index (κ3) is 3.22. The van der Waals surface area contributed by atoms with Crippen molar-refractivity contribution in [1.29, 1.82) is 0 Å². The lowest BCUT2D eigenvalue weighted by Crippen LogP contribution is -2.18. The van der Waals surface area contributed by atoms with E-state index in [-0.39, 0.29) is 6.04 Å². The van der Waals surface area contributed by atoms with Crippen LogP contribution in [0, 0.1) is 0 Å². The molecule has 18 heavy (non-hydrogen) atoms. The summed E-state index contributed by atoms with van der Waals surface area (Å²) in [5.74, 6) is 0. The molecule has 2 aromatic rings. The van der Waals surface area contributed by atoms with Gasteiger partial charge in [0.1, 0.15) is 0 Å². The van der Waals surface area contributed by atoms with Crippen LogP contribution >= 0.6 is 23.2 Å². The zero-order valence-corrected chi connectivity index (χ0v) is 11.5. The van der Waals surface area contributed by atoms with Gasteiger partial charge in [-0.05, 0) is 30.2 Å². The molecule has 0 saturated heterocycles. The minimum Gasteiger partial charge on any atom is -0.306 e. The fourth-order valence-electron chi connectivity index (χ4n) is 1.70. The first-order chi connectivity index (χ1) is 8.68. The van der Waals surface area contributed by atoms with Crippen LogP contribution in [0.4, 0.5) is 0 Å². The topological polar surface area (TPSA) is 24.9 Å². The molecule has 0 fully saturated rings. The van der Waals surface area contributed by atoms with Crippen molar-refractivity contribution in [2.24, 2.45) is 0 Å². The Balaban J connectivity index is 2.02. The van der Waals surface area contributed by atoms with Gasteiger partial charge < -0.3 is 5.32 Å². The Kier molecular flexibility index (Phi) is 4.59. The van der Waals surface area contributed by atoms with Crippen LogP contribution in [0.3, 0.4) is 0 Å². The van der Waals surface area contributed by atoms with Gasteiger partial charge in [-0.2, -0.15) is 0 Å². The van der Waals surface area contributed by atoms with Gasteiger partial charge in [0.15, 0.2) is 0 Å². The van der Waals surface area contributed by atoms with E-state index in [2.05, 4.69) is 17.2 Å². The van der Waals surface area contributed by atoms with Crippen molar-refractivity contribution >= 4 is 23.2 Å². The maximum Gasteiger partial charge on any atom is 0.0637 e. The molecule has 2 rings (SSSR count). The monoisotopic (exact) mass is 280 g/mol. The molecule has 1 N–H and O–H groups in total. The van der Waals surface area contributed by atoms with Gasteiger partial charge in [-0.25, -0.2) is 0 Å². The first-order valence-electron chi connectivity index (χ1n) is 5.74. The second-order valence-corrected chi connectivity index (χ2v) is 4.89. The highest BCUT2D eigenvalue weighted by molar-refractivity contribution is 6.42. The molecule has 0 aliphatic heterocycles. The van der Waals surface area contributed by atoms with Crippen LogP contribution in [0.15, 0.2) is 42.7 Å². The Morgan fingerprint density at radius 2 is 2.06 bits per heavy atom. The van der Waals surface area contributed by atoms with E-state index >= 15 is 0 Å². The largest absolute Gasteiger partial charge is 0.306 e. The molecule has 0 saturated carbocycles. The van der Waals surface area contributed by atoms with Crippen LogP contribution < -0.4 is 5.32 Å². The predicted octanol–water partition coefficient (Wildman–Crippen LogP) is 4.24. The molecule has 1 heterocycles. The lowest BCUT2D eigenvalue weighted by Gasteiger charge is -2.14. The second-order valence-electron chi connectivity index (χ2n) is 4.10. The van der Waals surface area contributed by atoms with E-state index in [0.29, 0.717) is 16.6 Å². The maximum absolute atomic E-state index is 6.14. The van der Waals surface area contributed by atoms with E-state index in [1.54, 1.807) is 12.3 Å². The van der Waals surface area contributed by atoms with Gasteiger partial charge in [0.2, 0.25) is 0 Å². The van der Waals surface area contributed by atoms with E-state index in [0.717, 1.165) is 11.1 Å². The summed E-state index contributed by atoms with van der Waals surface area (Å²) in [6.45, 7) is 2.77. The van der Waals surface area contributed by atoms with Gasteiger partial charge in [-0.3, -0.25) is 4.98 Å². The van der Waals surface area contributed by atoms with Gasteiger partial charge in [-0.15, -0.1) is 0 Å². The highest BCUT2D eigenvalue weighted by Gasteiger charge is 2.07. The van der Waals surface area contributed by atoms with E-state index < -0.39 is 0 Å². The van der Waals surface area contributed by atoms with Crippen molar-refractivity contribution < 1.29 is 0 Å². The van der Waals surface area contributed by atoms with Crippen molar-refractivity contribution in [1.82, 2.24) is 10.3 Å². The number of hydrogen-bond acceptors (Lipinski definition) is 2. The SMILES string of the molecule is C[C@@H](NCc1cccc(Cl)c1Cl)c1cccnc1. The van der Waals surface area contributed by atoms with Gasteiger partial charge >= 0.3 is 0 Å². The molecule has 1 aromatic heterocycles. The highest BCUT2D eigenvalue weighted by atomic mass is 35.5.